The number of hydrogen-bond donors (Lipinski definition) is 3. The molecule has 0 aliphatic carbocycles. The van der Waals surface area contributed by atoms with Gasteiger partial charge in [-0.3, -0.25) is 5.43 Å². The molecule has 3 N–H and O–H groups in total. The number of nitrogens with one attached hydrogen (secondary N) is 3. The lowest BCUT2D eigenvalue weighted by Crippen LogP contribution is -2.43. The summed E-state index contributed by atoms with van der Waals surface area (Å²) in [5.74, 6) is 0. The van der Waals surface area contributed by atoms with Gasteiger partial charge in [0.1, 0.15) is 0 Å². The third-order valence-corrected chi connectivity index (χ3v) is 2.06. The molecule has 1 rings (SSSR count). The van der Waals surface area contributed by atoms with Crippen molar-refractivity contribution >= 4 is 33.0 Å². The fourth-order valence-electron chi connectivity index (χ4n) is 0.823. The van der Waals surface area contributed by atoms with Crippen molar-refractivity contribution in [3.05, 3.63) is 30.3 Å². The Morgan fingerprint density at radius 3 is 2.40 bits per heavy atom. The van der Waals surface area contributed by atoms with Crippen molar-refractivity contribution in [2.45, 2.75) is 0 Å². The average molecular weight is 245 g/mol. The second-order valence-corrected chi connectivity index (χ2v) is 4.98. The van der Waals surface area contributed by atoms with Gasteiger partial charge in [-0.1, -0.05) is 18.2 Å². The zero-order valence-corrected chi connectivity index (χ0v) is 9.65. The lowest BCUT2D eigenvalue weighted by atomic mass is 10.3. The first-order chi connectivity index (χ1) is 6.97. The Hall–Kier alpha value is -1.18. The van der Waals surface area contributed by atoms with E-state index in [2.05, 4.69) is 15.6 Å². The topological polar surface area (TPSA) is 70.2 Å². The lowest BCUT2D eigenvalue weighted by molar-refractivity contribution is 0.584. The summed E-state index contributed by atoms with van der Waals surface area (Å²) >= 11 is 4.85. The molecular formula is C8H11N3O2S2. The van der Waals surface area contributed by atoms with Crippen LogP contribution in [0.3, 0.4) is 0 Å². The normalized spacial score (nSPS) is 10.7. The van der Waals surface area contributed by atoms with E-state index in [-0.39, 0.29) is 5.11 Å². The maximum atomic E-state index is 10.7. The van der Waals surface area contributed by atoms with Crippen LogP contribution in [-0.4, -0.2) is 19.8 Å². The summed E-state index contributed by atoms with van der Waals surface area (Å²) in [6.07, 6.45) is 1.03. The summed E-state index contributed by atoms with van der Waals surface area (Å²) in [5.41, 5.74) is 3.14. The van der Waals surface area contributed by atoms with E-state index in [0.29, 0.717) is 0 Å². The van der Waals surface area contributed by atoms with Crippen molar-refractivity contribution in [3.8, 4) is 0 Å². The van der Waals surface area contributed by atoms with E-state index >= 15 is 0 Å². The van der Waals surface area contributed by atoms with Gasteiger partial charge in [-0.05, 0) is 24.4 Å². The van der Waals surface area contributed by atoms with Gasteiger partial charge in [0.2, 0.25) is 10.0 Å². The molecular weight excluding hydrogens is 234 g/mol. The Bertz CT molecular complexity index is 430. The van der Waals surface area contributed by atoms with Gasteiger partial charge in [-0.25, -0.2) is 8.42 Å². The van der Waals surface area contributed by atoms with Crippen molar-refractivity contribution in [1.29, 1.82) is 0 Å². The SMILES string of the molecule is CS(=O)(=O)NNC(=S)Nc1ccccc1. The van der Waals surface area contributed by atoms with E-state index in [1.807, 2.05) is 30.3 Å². The zero-order valence-electron chi connectivity index (χ0n) is 8.02. The predicted octanol–water partition coefficient (Wildman–Crippen LogP) is 0.437. The third-order valence-electron chi connectivity index (χ3n) is 1.38. The molecule has 0 saturated carbocycles. The summed E-state index contributed by atoms with van der Waals surface area (Å²) in [5, 5.41) is 2.99. The molecule has 1 aromatic carbocycles. The number of thiocarbonyl (C=S) groups is 1. The van der Waals surface area contributed by atoms with E-state index in [0.717, 1.165) is 11.9 Å². The molecule has 0 amide bonds. The molecule has 1 aromatic rings. The van der Waals surface area contributed by atoms with Crippen molar-refractivity contribution in [1.82, 2.24) is 10.3 Å². The summed E-state index contributed by atoms with van der Waals surface area (Å²) < 4.78 is 21.5. The largest absolute Gasteiger partial charge is 0.332 e. The number of anilines is 1. The number of hydrazine groups is 1. The van der Waals surface area contributed by atoms with Gasteiger partial charge in [-0.15, -0.1) is 4.83 Å². The van der Waals surface area contributed by atoms with Crippen LogP contribution in [0.2, 0.25) is 0 Å². The van der Waals surface area contributed by atoms with Crippen LogP contribution >= 0.6 is 12.2 Å². The van der Waals surface area contributed by atoms with Crippen molar-refractivity contribution in [2.75, 3.05) is 11.6 Å². The second kappa shape index (κ2) is 5.06. The van der Waals surface area contributed by atoms with Crippen LogP contribution in [0, 0.1) is 0 Å². The Morgan fingerprint density at radius 2 is 1.87 bits per heavy atom. The minimum atomic E-state index is -3.30. The first-order valence-corrected chi connectivity index (χ1v) is 6.36. The molecule has 15 heavy (non-hydrogen) atoms. The highest BCUT2D eigenvalue weighted by Crippen LogP contribution is 2.03. The highest BCUT2D eigenvalue weighted by molar-refractivity contribution is 7.88. The number of rotatable bonds is 3. The van der Waals surface area contributed by atoms with E-state index in [1.54, 1.807) is 0 Å². The molecule has 5 nitrogen and oxygen atoms in total. The van der Waals surface area contributed by atoms with Crippen LogP contribution in [-0.2, 0) is 10.0 Å². The van der Waals surface area contributed by atoms with Crippen LogP contribution in [0.5, 0.6) is 0 Å². The molecule has 0 radical (unpaired) electrons. The van der Waals surface area contributed by atoms with E-state index in [4.69, 9.17) is 12.2 Å². The molecule has 0 saturated heterocycles. The predicted molar refractivity (Wildman–Crippen MR) is 63.8 cm³/mol. The second-order valence-electron chi connectivity index (χ2n) is 2.82. The Labute approximate surface area is 93.9 Å². The number of benzene rings is 1. The number of para-hydroxylation sites is 1. The molecule has 0 aromatic heterocycles. The Balaban J connectivity index is 2.44. The third kappa shape index (κ3) is 5.31. The molecule has 0 aliphatic heterocycles. The van der Waals surface area contributed by atoms with E-state index in [9.17, 15) is 8.42 Å². The average Bonchev–Trinajstić information content (AvgIpc) is 2.15. The van der Waals surface area contributed by atoms with Gasteiger partial charge in [0.05, 0.1) is 6.26 Å². The highest BCUT2D eigenvalue weighted by atomic mass is 32.2. The van der Waals surface area contributed by atoms with Crippen molar-refractivity contribution < 1.29 is 8.42 Å². The van der Waals surface area contributed by atoms with Gasteiger partial charge in [0.25, 0.3) is 0 Å². The van der Waals surface area contributed by atoms with Crippen molar-refractivity contribution in [3.63, 3.8) is 0 Å². The maximum absolute atomic E-state index is 10.7. The molecule has 0 fully saturated rings. The summed E-state index contributed by atoms with van der Waals surface area (Å²) in [6, 6.07) is 9.18. The number of hydrogen-bond acceptors (Lipinski definition) is 3. The fraction of sp³-hybridized carbons (Fsp3) is 0.125. The smallest absolute Gasteiger partial charge is 0.225 e. The minimum absolute atomic E-state index is 0.187. The summed E-state index contributed by atoms with van der Waals surface area (Å²) in [6.45, 7) is 0. The molecule has 0 bridgehead atoms. The Kier molecular flexibility index (Phi) is 4.01. The van der Waals surface area contributed by atoms with Gasteiger partial charge >= 0.3 is 0 Å². The van der Waals surface area contributed by atoms with E-state index in [1.165, 1.54) is 0 Å². The van der Waals surface area contributed by atoms with Crippen LogP contribution < -0.4 is 15.6 Å². The molecule has 7 heteroatoms. The molecule has 82 valence electrons. The van der Waals surface area contributed by atoms with Gasteiger partial charge in [-0.2, -0.15) is 0 Å². The lowest BCUT2D eigenvalue weighted by Gasteiger charge is -2.09. The first-order valence-electron chi connectivity index (χ1n) is 4.06. The fourth-order valence-corrected chi connectivity index (χ4v) is 1.34. The molecule has 0 unspecified atom stereocenters. The van der Waals surface area contributed by atoms with Gasteiger partial charge in [0, 0.05) is 5.69 Å². The van der Waals surface area contributed by atoms with Gasteiger partial charge in [0.15, 0.2) is 5.11 Å². The van der Waals surface area contributed by atoms with Crippen LogP contribution in [0.25, 0.3) is 0 Å². The molecule has 0 spiro atoms. The summed E-state index contributed by atoms with van der Waals surface area (Å²) in [7, 11) is -3.30. The quantitative estimate of drug-likeness (QED) is 0.532. The van der Waals surface area contributed by atoms with Crippen molar-refractivity contribution in [2.24, 2.45) is 0 Å². The maximum Gasteiger partial charge on any atom is 0.225 e. The zero-order chi connectivity index (χ0) is 11.3. The standard InChI is InChI=1S/C8H11N3O2S2/c1-15(12,13)11-10-8(14)9-7-5-3-2-4-6-7/h2-6,11H,1H3,(H2,9,10,14). The molecule has 0 heterocycles. The monoisotopic (exact) mass is 245 g/mol. The number of sulfonamides is 1. The van der Waals surface area contributed by atoms with Gasteiger partial charge < -0.3 is 5.32 Å². The molecule has 0 aliphatic rings. The van der Waals surface area contributed by atoms with Crippen LogP contribution in [0.4, 0.5) is 5.69 Å². The van der Waals surface area contributed by atoms with E-state index < -0.39 is 10.0 Å². The Morgan fingerprint density at radius 1 is 1.27 bits per heavy atom. The summed E-state index contributed by atoms with van der Waals surface area (Å²) in [4.78, 5) is 2.06. The highest BCUT2D eigenvalue weighted by Gasteiger charge is 2.01. The molecule has 0 atom stereocenters. The van der Waals surface area contributed by atoms with Crippen LogP contribution in [0.1, 0.15) is 0 Å². The minimum Gasteiger partial charge on any atom is -0.332 e. The first kappa shape index (κ1) is 11.9. The van der Waals surface area contributed by atoms with Crippen LogP contribution in [0.15, 0.2) is 30.3 Å².